The third-order valence-electron chi connectivity index (χ3n) is 4.92. The van der Waals surface area contributed by atoms with Crippen LogP contribution in [0.3, 0.4) is 0 Å². The maximum absolute atomic E-state index is 5.94. The van der Waals surface area contributed by atoms with Gasteiger partial charge in [0, 0.05) is 50.4 Å². The predicted molar refractivity (Wildman–Crippen MR) is 95.1 cm³/mol. The summed E-state index contributed by atoms with van der Waals surface area (Å²) in [6.07, 6.45) is 3.81. The average Bonchev–Trinajstić information content (AvgIpc) is 2.59. The lowest BCUT2D eigenvalue weighted by Crippen LogP contribution is -2.47. The molecule has 0 amide bonds. The van der Waals surface area contributed by atoms with Gasteiger partial charge in [-0.2, -0.15) is 4.98 Å². The fourth-order valence-electron chi connectivity index (χ4n) is 3.45. The van der Waals surface area contributed by atoms with E-state index in [1.165, 1.54) is 0 Å². The molecule has 0 radical (unpaired) electrons. The van der Waals surface area contributed by atoms with E-state index in [-0.39, 0.29) is 0 Å². The van der Waals surface area contributed by atoms with E-state index in [1.807, 2.05) is 18.3 Å². The number of hydrogen-bond acceptors (Lipinski definition) is 7. The van der Waals surface area contributed by atoms with Crippen molar-refractivity contribution in [3.63, 3.8) is 0 Å². The van der Waals surface area contributed by atoms with Gasteiger partial charge in [0.25, 0.3) is 0 Å². The molecule has 24 heavy (non-hydrogen) atoms. The molecule has 0 bridgehead atoms. The molecule has 2 aliphatic rings. The van der Waals surface area contributed by atoms with E-state index in [4.69, 9.17) is 11.5 Å². The van der Waals surface area contributed by atoms with Crippen LogP contribution in [-0.2, 0) is 0 Å². The highest BCUT2D eigenvalue weighted by molar-refractivity contribution is 5.48. The zero-order valence-corrected chi connectivity index (χ0v) is 13.7. The van der Waals surface area contributed by atoms with Gasteiger partial charge in [-0.25, -0.2) is 9.97 Å². The predicted octanol–water partition coefficient (Wildman–Crippen LogP) is 0.985. The zero-order chi connectivity index (χ0) is 16.5. The second kappa shape index (κ2) is 6.24. The Balaban J connectivity index is 1.45. The molecule has 3 heterocycles. The molecule has 0 unspecified atom stereocenters. The SMILES string of the molecule is Nc1nc(C2CC(N)C2)cc(N2CCN(c3ccccn3)CC2)n1. The Kier molecular flexibility index (Phi) is 3.93. The van der Waals surface area contributed by atoms with Gasteiger partial charge < -0.3 is 21.3 Å². The van der Waals surface area contributed by atoms with Gasteiger partial charge in [-0.3, -0.25) is 0 Å². The molecule has 1 aliphatic carbocycles. The molecule has 4 N–H and O–H groups in total. The van der Waals surface area contributed by atoms with Crippen LogP contribution in [0, 0.1) is 0 Å². The second-order valence-corrected chi connectivity index (χ2v) is 6.60. The zero-order valence-electron chi connectivity index (χ0n) is 13.7. The fourth-order valence-corrected chi connectivity index (χ4v) is 3.45. The van der Waals surface area contributed by atoms with E-state index < -0.39 is 0 Å². The lowest BCUT2D eigenvalue weighted by atomic mass is 9.78. The molecule has 1 aliphatic heterocycles. The summed E-state index contributed by atoms with van der Waals surface area (Å²) in [6, 6.07) is 8.41. The molecule has 0 spiro atoms. The summed E-state index contributed by atoms with van der Waals surface area (Å²) >= 11 is 0. The number of nitrogen functional groups attached to an aromatic ring is 1. The van der Waals surface area contributed by atoms with Gasteiger partial charge in [-0.1, -0.05) is 6.07 Å². The lowest BCUT2D eigenvalue weighted by Gasteiger charge is -2.37. The number of hydrogen-bond donors (Lipinski definition) is 2. The highest BCUT2D eigenvalue weighted by Crippen LogP contribution is 2.36. The van der Waals surface area contributed by atoms with Gasteiger partial charge in [-0.05, 0) is 25.0 Å². The first-order chi connectivity index (χ1) is 11.7. The fraction of sp³-hybridized carbons (Fsp3) is 0.471. The molecule has 126 valence electrons. The van der Waals surface area contributed by atoms with E-state index in [0.717, 1.165) is 56.4 Å². The summed E-state index contributed by atoms with van der Waals surface area (Å²) in [5.41, 5.74) is 12.9. The molecular formula is C17H23N7. The standard InChI is InChI=1S/C17H23N7/c18-13-9-12(10-13)14-11-16(22-17(19)21-14)24-7-5-23(6-8-24)15-3-1-2-4-20-15/h1-4,11-13H,5-10,18H2,(H2,19,21,22). The lowest BCUT2D eigenvalue weighted by molar-refractivity contribution is 0.345. The van der Waals surface area contributed by atoms with Crippen molar-refractivity contribution < 1.29 is 0 Å². The smallest absolute Gasteiger partial charge is 0.222 e. The third-order valence-corrected chi connectivity index (χ3v) is 4.92. The summed E-state index contributed by atoms with van der Waals surface area (Å²) in [4.78, 5) is 17.9. The largest absolute Gasteiger partial charge is 0.368 e. The molecule has 1 saturated carbocycles. The quantitative estimate of drug-likeness (QED) is 0.868. The highest BCUT2D eigenvalue weighted by Gasteiger charge is 2.30. The topological polar surface area (TPSA) is 97.2 Å². The van der Waals surface area contributed by atoms with Crippen LogP contribution in [0.25, 0.3) is 0 Å². The van der Waals surface area contributed by atoms with Crippen molar-refractivity contribution in [3.05, 3.63) is 36.2 Å². The number of piperazine rings is 1. The molecule has 2 aromatic heterocycles. The van der Waals surface area contributed by atoms with Gasteiger partial charge >= 0.3 is 0 Å². The van der Waals surface area contributed by atoms with Crippen LogP contribution in [0.1, 0.15) is 24.5 Å². The van der Waals surface area contributed by atoms with E-state index in [0.29, 0.717) is 17.9 Å². The summed E-state index contributed by atoms with van der Waals surface area (Å²) < 4.78 is 0. The normalized spacial score (nSPS) is 23.9. The first-order valence-electron chi connectivity index (χ1n) is 8.50. The van der Waals surface area contributed by atoms with Gasteiger partial charge in [0.1, 0.15) is 11.6 Å². The minimum atomic E-state index is 0.302. The Morgan fingerprint density at radius 1 is 0.958 bits per heavy atom. The molecule has 0 aromatic carbocycles. The summed E-state index contributed by atoms with van der Waals surface area (Å²) in [5, 5.41) is 0. The number of nitrogens with two attached hydrogens (primary N) is 2. The van der Waals surface area contributed by atoms with Crippen LogP contribution in [-0.4, -0.2) is 47.2 Å². The van der Waals surface area contributed by atoms with Gasteiger partial charge in [0.2, 0.25) is 5.95 Å². The Bertz CT molecular complexity index is 691. The highest BCUT2D eigenvalue weighted by atomic mass is 15.3. The minimum absolute atomic E-state index is 0.302. The van der Waals surface area contributed by atoms with Crippen LogP contribution in [0.5, 0.6) is 0 Å². The summed E-state index contributed by atoms with van der Waals surface area (Å²) in [7, 11) is 0. The second-order valence-electron chi connectivity index (χ2n) is 6.60. The van der Waals surface area contributed by atoms with Crippen LogP contribution < -0.4 is 21.3 Å². The van der Waals surface area contributed by atoms with Gasteiger partial charge in [0.15, 0.2) is 0 Å². The number of anilines is 3. The van der Waals surface area contributed by atoms with Crippen LogP contribution in [0.15, 0.2) is 30.5 Å². The first-order valence-corrected chi connectivity index (χ1v) is 8.50. The van der Waals surface area contributed by atoms with Crippen molar-refractivity contribution >= 4 is 17.6 Å². The number of aromatic nitrogens is 3. The van der Waals surface area contributed by atoms with E-state index in [2.05, 4.69) is 36.9 Å². The molecule has 7 heteroatoms. The molecule has 4 rings (SSSR count). The third kappa shape index (κ3) is 2.99. The average molecular weight is 325 g/mol. The summed E-state index contributed by atoms with van der Waals surface area (Å²) in [6.45, 7) is 3.64. The van der Waals surface area contributed by atoms with Crippen LogP contribution in [0.4, 0.5) is 17.6 Å². The molecule has 7 nitrogen and oxygen atoms in total. The van der Waals surface area contributed by atoms with Crippen LogP contribution in [0.2, 0.25) is 0 Å². The van der Waals surface area contributed by atoms with E-state index in [1.54, 1.807) is 0 Å². The van der Waals surface area contributed by atoms with Crippen molar-refractivity contribution in [1.29, 1.82) is 0 Å². The number of nitrogens with zero attached hydrogens (tertiary/aromatic N) is 5. The van der Waals surface area contributed by atoms with Crippen LogP contribution >= 0.6 is 0 Å². The van der Waals surface area contributed by atoms with Crippen molar-refractivity contribution in [2.45, 2.75) is 24.8 Å². The molecule has 2 fully saturated rings. The number of rotatable bonds is 3. The Morgan fingerprint density at radius 3 is 2.29 bits per heavy atom. The molecular weight excluding hydrogens is 302 g/mol. The van der Waals surface area contributed by atoms with E-state index >= 15 is 0 Å². The molecule has 2 aromatic rings. The Labute approximate surface area is 141 Å². The van der Waals surface area contributed by atoms with Gasteiger partial charge in [-0.15, -0.1) is 0 Å². The first kappa shape index (κ1) is 15.1. The Hall–Kier alpha value is -2.41. The molecule has 1 saturated heterocycles. The Morgan fingerprint density at radius 2 is 1.67 bits per heavy atom. The van der Waals surface area contributed by atoms with E-state index in [9.17, 15) is 0 Å². The maximum atomic E-state index is 5.94. The minimum Gasteiger partial charge on any atom is -0.368 e. The summed E-state index contributed by atoms with van der Waals surface area (Å²) in [5.74, 6) is 2.75. The van der Waals surface area contributed by atoms with Crippen molar-refractivity contribution in [3.8, 4) is 0 Å². The maximum Gasteiger partial charge on any atom is 0.222 e. The monoisotopic (exact) mass is 325 g/mol. The van der Waals surface area contributed by atoms with Crippen molar-refractivity contribution in [1.82, 2.24) is 15.0 Å². The van der Waals surface area contributed by atoms with Crippen molar-refractivity contribution in [2.75, 3.05) is 41.7 Å². The van der Waals surface area contributed by atoms with Crippen molar-refractivity contribution in [2.24, 2.45) is 5.73 Å². The van der Waals surface area contributed by atoms with Gasteiger partial charge in [0.05, 0.1) is 5.69 Å². The number of pyridine rings is 1. The molecule has 0 atom stereocenters.